The molecule has 4 aromatic rings. The van der Waals surface area contributed by atoms with Crippen LogP contribution >= 0.6 is 15.9 Å². The summed E-state index contributed by atoms with van der Waals surface area (Å²) in [6.45, 7) is 0.514. The third kappa shape index (κ3) is 3.57. The predicted molar refractivity (Wildman–Crippen MR) is 132 cm³/mol. The van der Waals surface area contributed by atoms with Crippen molar-refractivity contribution in [3.05, 3.63) is 79.2 Å². The van der Waals surface area contributed by atoms with Crippen LogP contribution in [0.5, 0.6) is 0 Å². The van der Waals surface area contributed by atoms with E-state index in [4.69, 9.17) is 10.7 Å². The number of hydrogen-bond donors (Lipinski definition) is 7. The average Bonchev–Trinajstić information content (AvgIpc) is 3.66. The number of nitrogen functional groups attached to an aromatic ring is 1. The highest BCUT2D eigenvalue weighted by Gasteiger charge is 2.35. The number of anilines is 1. The second kappa shape index (κ2) is 8.41. The average molecular weight is 553 g/mol. The molecule has 2 atom stereocenters. The minimum Gasteiger partial charge on any atom is -0.369 e. The standard InChI is InChI=1S/C22H21BrN10O3/c23-9-5-12(27-6-9)18(34)28-8-14-17(13-7-29-21(24)30-13)32-22-31-16(20(36)33(14)22)11-2-4-26-19(35)15-10(11)1-3-25-15/h1,3,5-7,14,17,25,27H,2,4,8H2,(H,26,35)(H,28,34)(H,31,32)(H3,24,29,30)/b16-11-/t14-,17-/m0/s1. The molecule has 184 valence electrons. The van der Waals surface area contributed by atoms with Crippen molar-refractivity contribution < 1.29 is 9.59 Å². The van der Waals surface area contributed by atoms with E-state index in [0.29, 0.717) is 52.2 Å². The maximum Gasteiger partial charge on any atom is 0.277 e. The van der Waals surface area contributed by atoms with Crippen LogP contribution in [0.25, 0.3) is 5.57 Å². The maximum absolute atomic E-state index is 13.8. The molecule has 2 amide bonds. The van der Waals surface area contributed by atoms with Crippen molar-refractivity contribution in [3.63, 3.8) is 0 Å². The summed E-state index contributed by atoms with van der Waals surface area (Å²) in [4.78, 5) is 59.6. The lowest BCUT2D eigenvalue weighted by atomic mass is 10.0. The van der Waals surface area contributed by atoms with E-state index in [9.17, 15) is 14.4 Å². The molecule has 0 spiro atoms. The van der Waals surface area contributed by atoms with Gasteiger partial charge < -0.3 is 36.3 Å². The summed E-state index contributed by atoms with van der Waals surface area (Å²) in [5.41, 5.74) is 8.65. The van der Waals surface area contributed by atoms with Crippen LogP contribution < -0.4 is 32.9 Å². The van der Waals surface area contributed by atoms with Crippen LogP contribution in [-0.4, -0.2) is 54.4 Å². The van der Waals surface area contributed by atoms with E-state index in [1.165, 1.54) is 0 Å². The molecule has 0 unspecified atom stereocenters. The van der Waals surface area contributed by atoms with E-state index in [1.807, 2.05) is 0 Å². The monoisotopic (exact) mass is 552 g/mol. The lowest BCUT2D eigenvalue weighted by Crippen LogP contribution is -2.40. The van der Waals surface area contributed by atoms with Crippen molar-refractivity contribution in [2.45, 2.75) is 18.5 Å². The first-order valence-corrected chi connectivity index (χ1v) is 12.0. The second-order valence-electron chi connectivity index (χ2n) is 8.56. The number of H-pyrrole nitrogens is 4. The van der Waals surface area contributed by atoms with Crippen molar-refractivity contribution >= 4 is 39.3 Å². The van der Waals surface area contributed by atoms with Crippen molar-refractivity contribution in [1.29, 1.82) is 0 Å². The van der Waals surface area contributed by atoms with Gasteiger partial charge in [-0.1, -0.05) is 0 Å². The van der Waals surface area contributed by atoms with Crippen molar-refractivity contribution in [1.82, 2.24) is 40.1 Å². The Labute approximate surface area is 210 Å². The molecule has 8 N–H and O–H groups in total. The third-order valence-electron chi connectivity index (χ3n) is 6.41. The Morgan fingerprint density at radius 2 is 2.14 bits per heavy atom. The molecule has 2 aliphatic rings. The number of hydrogen-bond acceptors (Lipinski definition) is 6. The molecule has 14 heteroatoms. The molecule has 0 fully saturated rings. The van der Waals surface area contributed by atoms with Crippen LogP contribution in [0.1, 0.15) is 50.7 Å². The summed E-state index contributed by atoms with van der Waals surface area (Å²) in [6, 6.07) is 2.38. The summed E-state index contributed by atoms with van der Waals surface area (Å²) in [5, 5.41) is 6.08. The number of aromatic nitrogens is 6. The molecule has 0 bridgehead atoms. The lowest BCUT2D eigenvalue weighted by Gasteiger charge is -2.19. The lowest BCUT2D eigenvalue weighted by molar-refractivity contribution is 0.0937. The zero-order valence-electron chi connectivity index (χ0n) is 18.7. The highest BCUT2D eigenvalue weighted by Crippen LogP contribution is 2.30. The van der Waals surface area contributed by atoms with Gasteiger partial charge >= 0.3 is 0 Å². The number of imidazole rings is 2. The smallest absolute Gasteiger partial charge is 0.277 e. The normalized spacial score (nSPS) is 20.3. The molecular formula is C22H21BrN10O3. The molecular weight excluding hydrogens is 532 g/mol. The van der Waals surface area contributed by atoms with Crippen LogP contribution in [0.15, 0.2) is 45.0 Å². The number of halogens is 1. The Balaban J connectivity index is 1.44. The number of carbonyl (C=O) groups is 2. The molecule has 0 saturated carbocycles. The summed E-state index contributed by atoms with van der Waals surface area (Å²) in [6.07, 6.45) is 5.37. The number of amides is 2. The molecule has 6 rings (SSSR count). The van der Waals surface area contributed by atoms with Gasteiger partial charge in [-0.15, -0.1) is 0 Å². The van der Waals surface area contributed by atoms with Gasteiger partial charge in [-0.3, -0.25) is 19.0 Å². The highest BCUT2D eigenvalue weighted by molar-refractivity contribution is 9.10. The maximum atomic E-state index is 13.8. The van der Waals surface area contributed by atoms with Gasteiger partial charge in [-0.05, 0) is 40.1 Å². The topological polar surface area (TPSA) is 195 Å². The number of fused-ring (bicyclic) bond motifs is 2. The molecule has 4 aromatic heterocycles. The van der Waals surface area contributed by atoms with Gasteiger partial charge in [-0.2, -0.15) is 0 Å². The van der Waals surface area contributed by atoms with E-state index in [1.54, 1.807) is 35.3 Å². The zero-order chi connectivity index (χ0) is 25.0. The molecule has 0 aliphatic carbocycles. The first kappa shape index (κ1) is 22.2. The SMILES string of the molecule is Nc1ncc([C@@H]2N=c3[nH]/c(=C4/CCNC(=O)c5[nH]ccc54)c(=O)n3[C@H]2CNC(=O)c2cc(Br)c[nH]2)[nH]1. The van der Waals surface area contributed by atoms with Crippen molar-refractivity contribution in [2.75, 3.05) is 18.8 Å². The summed E-state index contributed by atoms with van der Waals surface area (Å²) in [7, 11) is 0. The molecule has 2 aliphatic heterocycles. The molecule has 0 saturated heterocycles. The third-order valence-corrected chi connectivity index (χ3v) is 6.87. The minimum atomic E-state index is -0.545. The summed E-state index contributed by atoms with van der Waals surface area (Å²) >= 11 is 3.32. The fraction of sp³-hybridized carbons (Fsp3) is 0.227. The van der Waals surface area contributed by atoms with Crippen LogP contribution in [0, 0.1) is 0 Å². The largest absolute Gasteiger partial charge is 0.369 e. The minimum absolute atomic E-state index is 0.123. The first-order chi connectivity index (χ1) is 17.4. The predicted octanol–water partition coefficient (Wildman–Crippen LogP) is -0.421. The van der Waals surface area contributed by atoms with Gasteiger partial charge in [0.2, 0.25) is 5.62 Å². The van der Waals surface area contributed by atoms with Crippen LogP contribution in [-0.2, 0) is 0 Å². The van der Waals surface area contributed by atoms with Crippen LogP contribution in [0.4, 0.5) is 5.95 Å². The van der Waals surface area contributed by atoms with E-state index >= 15 is 0 Å². The molecule has 0 radical (unpaired) electrons. The van der Waals surface area contributed by atoms with Crippen LogP contribution in [0.2, 0.25) is 0 Å². The Hall–Kier alpha value is -4.33. The van der Waals surface area contributed by atoms with E-state index in [2.05, 4.69) is 51.5 Å². The Morgan fingerprint density at radius 1 is 1.28 bits per heavy atom. The Kier molecular flexibility index (Phi) is 5.17. The second-order valence-corrected chi connectivity index (χ2v) is 9.47. The fourth-order valence-electron chi connectivity index (χ4n) is 4.77. The van der Waals surface area contributed by atoms with Gasteiger partial charge in [0.1, 0.15) is 22.8 Å². The van der Waals surface area contributed by atoms with Gasteiger partial charge in [-0.25, -0.2) is 9.98 Å². The Morgan fingerprint density at radius 3 is 2.89 bits per heavy atom. The first-order valence-electron chi connectivity index (χ1n) is 11.2. The van der Waals surface area contributed by atoms with Gasteiger partial charge in [0.25, 0.3) is 17.4 Å². The van der Waals surface area contributed by atoms with E-state index in [-0.39, 0.29) is 29.9 Å². The van der Waals surface area contributed by atoms with Crippen LogP contribution in [0.3, 0.4) is 0 Å². The van der Waals surface area contributed by atoms with Crippen molar-refractivity contribution in [3.8, 4) is 0 Å². The molecule has 13 nitrogen and oxygen atoms in total. The van der Waals surface area contributed by atoms with E-state index in [0.717, 1.165) is 4.47 Å². The summed E-state index contributed by atoms with van der Waals surface area (Å²) < 4.78 is 2.29. The number of aromatic amines is 4. The number of carbonyl (C=O) groups excluding carboxylic acids is 2. The number of nitrogens with one attached hydrogen (secondary N) is 6. The molecule has 0 aromatic carbocycles. The summed E-state index contributed by atoms with van der Waals surface area (Å²) in [5.74, 6) is -0.308. The Bertz CT molecular complexity index is 1690. The number of nitrogens with zero attached hydrogens (tertiary/aromatic N) is 3. The van der Waals surface area contributed by atoms with E-state index < -0.39 is 12.1 Å². The quantitative estimate of drug-likeness (QED) is 0.180. The van der Waals surface area contributed by atoms with Crippen molar-refractivity contribution in [2.24, 2.45) is 4.99 Å². The number of nitrogens with two attached hydrogens (primary N) is 1. The highest BCUT2D eigenvalue weighted by atomic mass is 79.9. The molecule has 36 heavy (non-hydrogen) atoms. The fourth-order valence-corrected chi connectivity index (χ4v) is 5.12. The zero-order valence-corrected chi connectivity index (χ0v) is 20.3. The number of rotatable bonds is 4. The van der Waals surface area contributed by atoms with Gasteiger partial charge in [0, 0.05) is 35.5 Å². The molecule has 6 heterocycles. The van der Waals surface area contributed by atoms with Gasteiger partial charge in [0.15, 0.2) is 5.95 Å². The van der Waals surface area contributed by atoms with Gasteiger partial charge in [0.05, 0.1) is 17.9 Å².